The summed E-state index contributed by atoms with van der Waals surface area (Å²) in [4.78, 5) is 23.3. The Morgan fingerprint density at radius 1 is 1.15 bits per heavy atom. The van der Waals surface area contributed by atoms with Crippen molar-refractivity contribution in [2.24, 2.45) is 0 Å². The quantitative estimate of drug-likeness (QED) is 0.151. The minimum absolute atomic E-state index is 0.215. The molecule has 0 saturated heterocycles. The van der Waals surface area contributed by atoms with Gasteiger partial charge in [-0.3, -0.25) is 10.1 Å². The molecule has 0 spiro atoms. The number of amidine groups is 1. The summed E-state index contributed by atoms with van der Waals surface area (Å²) in [5, 5.41) is 10.5. The maximum atomic E-state index is 11.5. The van der Waals surface area contributed by atoms with Crippen molar-refractivity contribution in [3.8, 4) is 5.75 Å². The van der Waals surface area contributed by atoms with E-state index in [-0.39, 0.29) is 13.2 Å². The zero-order valence-electron chi connectivity index (χ0n) is 13.7. The molecule has 0 saturated carbocycles. The van der Waals surface area contributed by atoms with Crippen molar-refractivity contribution >= 4 is 17.4 Å². The van der Waals surface area contributed by atoms with Gasteiger partial charge in [0.1, 0.15) is 19.0 Å². The number of hydrogen-bond acceptors (Lipinski definition) is 5. The van der Waals surface area contributed by atoms with E-state index in [2.05, 4.69) is 11.4 Å². The highest BCUT2D eigenvalue weighted by Gasteiger charge is 2.36. The molecule has 8 nitrogen and oxygen atoms in total. The van der Waals surface area contributed by atoms with Crippen molar-refractivity contribution in [3.05, 3.63) is 87.9 Å². The Labute approximate surface area is 149 Å². The maximum absolute atomic E-state index is 11.5. The van der Waals surface area contributed by atoms with Gasteiger partial charge in [0.15, 0.2) is 4.92 Å². The van der Waals surface area contributed by atoms with Gasteiger partial charge in [-0.25, -0.2) is 4.79 Å². The van der Waals surface area contributed by atoms with E-state index in [0.717, 1.165) is 11.1 Å². The lowest BCUT2D eigenvalue weighted by molar-refractivity contribution is -0.383. The molecular weight excluding hydrogens is 338 g/mol. The first kappa shape index (κ1) is 18.6. The SMILES string of the molecule is C=C(COc1ccccc1COC(=O)C(=[N+]=[N-])[N+](=O)[O-])c1ccccc1. The van der Waals surface area contributed by atoms with E-state index in [1.54, 1.807) is 24.3 Å². The van der Waals surface area contributed by atoms with Crippen LogP contribution in [-0.4, -0.2) is 28.1 Å². The highest BCUT2D eigenvalue weighted by atomic mass is 16.6. The van der Waals surface area contributed by atoms with Crippen LogP contribution in [0.1, 0.15) is 11.1 Å². The molecule has 0 N–H and O–H groups in total. The van der Waals surface area contributed by atoms with Crippen molar-refractivity contribution in [1.82, 2.24) is 0 Å². The third-order valence-corrected chi connectivity index (χ3v) is 3.37. The van der Waals surface area contributed by atoms with Gasteiger partial charge in [-0.1, -0.05) is 59.9 Å². The van der Waals surface area contributed by atoms with Crippen LogP contribution in [0.15, 0.2) is 61.2 Å². The second-order valence-electron chi connectivity index (χ2n) is 5.12. The molecule has 2 aromatic rings. The minimum atomic E-state index is -1.35. The first-order chi connectivity index (χ1) is 12.5. The van der Waals surface area contributed by atoms with Gasteiger partial charge in [-0.05, 0) is 17.2 Å². The molecule has 0 aromatic heterocycles. The van der Waals surface area contributed by atoms with Crippen LogP contribution < -0.4 is 4.74 Å². The van der Waals surface area contributed by atoms with E-state index >= 15 is 0 Å². The number of rotatable bonds is 6. The van der Waals surface area contributed by atoms with Crippen LogP contribution in [0, 0.1) is 10.1 Å². The molecule has 0 amide bonds. The summed E-state index contributed by atoms with van der Waals surface area (Å²) >= 11 is 0. The van der Waals surface area contributed by atoms with E-state index in [1.165, 1.54) is 0 Å². The molecule has 0 atom stereocenters. The van der Waals surface area contributed by atoms with Gasteiger partial charge in [-0.15, -0.1) is 0 Å². The minimum Gasteiger partial charge on any atom is -0.488 e. The van der Waals surface area contributed by atoms with Crippen LogP contribution in [0.4, 0.5) is 0 Å². The summed E-state index contributed by atoms with van der Waals surface area (Å²) in [5.74, 6) is -2.19. The Balaban J connectivity index is 2.01. The first-order valence-electron chi connectivity index (χ1n) is 7.50. The summed E-state index contributed by atoms with van der Waals surface area (Å²) in [6.45, 7) is 3.91. The predicted octanol–water partition coefficient (Wildman–Crippen LogP) is 2.73. The molecule has 0 aliphatic rings. The number of nitro groups is 1. The molecule has 8 heteroatoms. The second kappa shape index (κ2) is 8.91. The highest BCUT2D eigenvalue weighted by molar-refractivity contribution is 6.28. The van der Waals surface area contributed by atoms with Crippen molar-refractivity contribution in [1.29, 1.82) is 0 Å². The molecule has 132 valence electrons. The van der Waals surface area contributed by atoms with Crippen LogP contribution in [0.5, 0.6) is 5.75 Å². The van der Waals surface area contributed by atoms with Crippen LogP contribution in [-0.2, 0) is 16.1 Å². The Hall–Kier alpha value is -3.77. The molecule has 0 radical (unpaired) electrons. The number of para-hydroxylation sites is 1. The Bertz CT molecular complexity index is 873. The molecule has 0 aliphatic heterocycles. The molecule has 0 bridgehead atoms. The first-order valence-corrected chi connectivity index (χ1v) is 7.50. The lowest BCUT2D eigenvalue weighted by atomic mass is 10.1. The van der Waals surface area contributed by atoms with Gasteiger partial charge in [0, 0.05) is 5.56 Å². The number of carbonyl (C=O) groups excluding carboxylic acids is 1. The molecule has 2 rings (SSSR count). The zero-order valence-corrected chi connectivity index (χ0v) is 13.7. The molecule has 0 fully saturated rings. The van der Waals surface area contributed by atoms with Crippen molar-refractivity contribution in [3.63, 3.8) is 0 Å². The van der Waals surface area contributed by atoms with Crippen molar-refractivity contribution in [2.75, 3.05) is 6.61 Å². The van der Waals surface area contributed by atoms with Gasteiger partial charge in [0.25, 0.3) is 0 Å². The number of carbonyl (C=O) groups is 1. The van der Waals surface area contributed by atoms with Crippen molar-refractivity contribution in [2.45, 2.75) is 6.61 Å². The molecule has 0 aliphatic carbocycles. The normalized spacial score (nSPS) is 9.69. The number of benzene rings is 2. The predicted molar refractivity (Wildman–Crippen MR) is 92.8 cm³/mol. The summed E-state index contributed by atoms with van der Waals surface area (Å²) in [5.41, 5.74) is 10.7. The van der Waals surface area contributed by atoms with Crippen LogP contribution in [0.2, 0.25) is 0 Å². The molecule has 0 unspecified atom stereocenters. The standard InChI is InChI=1S/C18H15N3O5/c1-13(14-7-3-2-4-8-14)11-25-16-10-6-5-9-15(16)12-26-18(22)17(20-19)21(23)24/h2-10H,1,11-12H2. The summed E-state index contributed by atoms with van der Waals surface area (Å²) in [7, 11) is 0. The summed E-state index contributed by atoms with van der Waals surface area (Å²) in [6, 6.07) is 16.3. The number of ether oxygens (including phenoxy) is 2. The van der Waals surface area contributed by atoms with Crippen molar-refractivity contribution < 1.29 is 24.0 Å². The Kier molecular flexibility index (Phi) is 6.36. The van der Waals surface area contributed by atoms with E-state index in [9.17, 15) is 14.9 Å². The van der Waals surface area contributed by atoms with Gasteiger partial charge in [0.05, 0.1) is 0 Å². The molecular formula is C18H15N3O5. The fourth-order valence-corrected chi connectivity index (χ4v) is 2.05. The van der Waals surface area contributed by atoms with Gasteiger partial charge < -0.3 is 15.0 Å². The lowest BCUT2D eigenvalue weighted by Crippen LogP contribution is -2.26. The number of hydrogen-bond donors (Lipinski definition) is 0. The number of esters is 1. The van der Waals surface area contributed by atoms with Crippen LogP contribution >= 0.6 is 0 Å². The largest absolute Gasteiger partial charge is 0.690 e. The van der Waals surface area contributed by atoms with Gasteiger partial charge in [0.2, 0.25) is 0 Å². The molecule has 26 heavy (non-hydrogen) atoms. The summed E-state index contributed by atoms with van der Waals surface area (Å²) in [6.07, 6.45) is 0. The average Bonchev–Trinajstić information content (AvgIpc) is 2.66. The van der Waals surface area contributed by atoms with Crippen LogP contribution in [0.25, 0.3) is 11.1 Å². The third kappa shape index (κ3) is 4.86. The highest BCUT2D eigenvalue weighted by Crippen LogP contribution is 2.21. The van der Waals surface area contributed by atoms with E-state index < -0.39 is 16.7 Å². The van der Waals surface area contributed by atoms with Gasteiger partial charge in [-0.2, -0.15) is 0 Å². The fourth-order valence-electron chi connectivity index (χ4n) is 2.05. The average molecular weight is 353 g/mol. The fraction of sp³-hybridized carbons (Fsp3) is 0.111. The topological polar surface area (TPSA) is 115 Å². The van der Waals surface area contributed by atoms with E-state index in [1.807, 2.05) is 30.3 Å². The number of nitrogens with zero attached hydrogens (tertiary/aromatic N) is 3. The monoisotopic (exact) mass is 353 g/mol. The van der Waals surface area contributed by atoms with E-state index in [4.69, 9.17) is 15.0 Å². The molecule has 2 aromatic carbocycles. The Morgan fingerprint density at radius 3 is 2.46 bits per heavy atom. The zero-order chi connectivity index (χ0) is 18.9. The lowest BCUT2D eigenvalue weighted by Gasteiger charge is -2.12. The molecule has 0 heterocycles. The van der Waals surface area contributed by atoms with E-state index in [0.29, 0.717) is 11.3 Å². The second-order valence-corrected chi connectivity index (χ2v) is 5.12. The summed E-state index contributed by atoms with van der Waals surface area (Å²) < 4.78 is 10.5. The smallest absolute Gasteiger partial charge is 0.488 e. The Morgan fingerprint density at radius 2 is 1.81 bits per heavy atom. The maximum Gasteiger partial charge on any atom is 0.690 e. The van der Waals surface area contributed by atoms with Gasteiger partial charge >= 0.3 is 11.8 Å². The third-order valence-electron chi connectivity index (χ3n) is 3.37. The van der Waals surface area contributed by atoms with Crippen LogP contribution in [0.3, 0.4) is 0 Å².